The number of benzene rings is 1. The number of rotatable bonds is 2. The van der Waals surface area contributed by atoms with E-state index in [4.69, 9.17) is 0 Å². The minimum atomic E-state index is -0.267. The number of aromatic nitrogens is 3. The van der Waals surface area contributed by atoms with Crippen LogP contribution in [0.25, 0.3) is 5.69 Å². The molecular weight excluding hydrogens is 391 g/mol. The van der Waals surface area contributed by atoms with Crippen molar-refractivity contribution < 1.29 is 9.18 Å². The van der Waals surface area contributed by atoms with E-state index in [0.29, 0.717) is 12.1 Å². The molecule has 6 heteroatoms. The third-order valence-corrected chi connectivity index (χ3v) is 6.64. The zero-order valence-corrected chi connectivity index (χ0v) is 18.6. The van der Waals surface area contributed by atoms with Gasteiger partial charge in [-0.1, -0.05) is 26.0 Å². The zero-order valence-electron chi connectivity index (χ0n) is 18.6. The highest BCUT2D eigenvalue weighted by Gasteiger charge is 2.43. The molecule has 3 heterocycles. The van der Waals surface area contributed by atoms with Crippen molar-refractivity contribution in [2.45, 2.75) is 53.4 Å². The van der Waals surface area contributed by atoms with Gasteiger partial charge in [0.25, 0.3) is 0 Å². The lowest BCUT2D eigenvalue weighted by Crippen LogP contribution is -2.34. The molecule has 0 bridgehead atoms. The number of para-hydroxylation sites is 1. The first kappa shape index (κ1) is 19.8. The Bertz CT molecular complexity index is 1260. The van der Waals surface area contributed by atoms with Crippen molar-refractivity contribution in [2.75, 3.05) is 5.32 Å². The zero-order chi connectivity index (χ0) is 22.1. The van der Waals surface area contributed by atoms with E-state index in [1.807, 2.05) is 31.4 Å². The Hall–Kier alpha value is -3.15. The van der Waals surface area contributed by atoms with E-state index in [1.165, 1.54) is 6.07 Å². The standard InChI is InChI=1S/C25H27FN4O/c1-13-10-16(15(3)30(13)19-9-7-6-8-17(19)26)22-21-14(2)28-29-24(21)27-18-11-25(4,5)12-20(31)23(18)22/h6-10,22H,11-12H2,1-5H3,(H2,27,28,29). The molecule has 2 aliphatic rings. The number of H-pyrrole nitrogens is 1. The molecule has 0 saturated carbocycles. The molecule has 1 unspecified atom stereocenters. The highest BCUT2D eigenvalue weighted by molar-refractivity contribution is 6.01. The predicted molar refractivity (Wildman–Crippen MR) is 119 cm³/mol. The lowest BCUT2D eigenvalue weighted by Gasteiger charge is -2.38. The van der Waals surface area contributed by atoms with Gasteiger partial charge in [0.2, 0.25) is 0 Å². The van der Waals surface area contributed by atoms with E-state index in [-0.39, 0.29) is 22.9 Å². The average molecular weight is 419 g/mol. The molecule has 160 valence electrons. The molecule has 2 aromatic heterocycles. The molecule has 1 aliphatic heterocycles. The molecule has 2 N–H and O–H groups in total. The Morgan fingerprint density at radius 3 is 2.65 bits per heavy atom. The molecule has 1 aromatic carbocycles. The molecule has 0 fully saturated rings. The van der Waals surface area contributed by atoms with Gasteiger partial charge in [-0.2, -0.15) is 5.10 Å². The lowest BCUT2D eigenvalue weighted by atomic mass is 9.69. The van der Waals surface area contributed by atoms with E-state index in [9.17, 15) is 9.18 Å². The van der Waals surface area contributed by atoms with Gasteiger partial charge in [0, 0.05) is 46.3 Å². The average Bonchev–Trinajstić information content (AvgIpc) is 3.19. The first-order valence-electron chi connectivity index (χ1n) is 10.7. The summed E-state index contributed by atoms with van der Waals surface area (Å²) in [7, 11) is 0. The lowest BCUT2D eigenvalue weighted by molar-refractivity contribution is -0.118. The first-order chi connectivity index (χ1) is 14.7. The summed E-state index contributed by atoms with van der Waals surface area (Å²) in [6, 6.07) is 8.89. The minimum absolute atomic E-state index is 0.0968. The predicted octanol–water partition coefficient (Wildman–Crippen LogP) is 5.47. The number of ketones is 1. The maximum Gasteiger partial charge on any atom is 0.162 e. The fourth-order valence-electron chi connectivity index (χ4n) is 5.35. The molecule has 5 rings (SSSR count). The summed E-state index contributed by atoms with van der Waals surface area (Å²) in [5.41, 5.74) is 7.04. The number of aromatic amines is 1. The van der Waals surface area contributed by atoms with Crippen molar-refractivity contribution in [3.05, 3.63) is 75.6 Å². The van der Waals surface area contributed by atoms with Crippen LogP contribution in [-0.4, -0.2) is 20.5 Å². The van der Waals surface area contributed by atoms with Crippen LogP contribution in [0.4, 0.5) is 10.2 Å². The van der Waals surface area contributed by atoms with Gasteiger partial charge in [-0.15, -0.1) is 0 Å². The van der Waals surface area contributed by atoms with E-state index in [2.05, 4.69) is 35.4 Å². The number of carbonyl (C=O) groups is 1. The topological polar surface area (TPSA) is 62.7 Å². The van der Waals surface area contributed by atoms with Gasteiger partial charge in [-0.05, 0) is 56.4 Å². The van der Waals surface area contributed by atoms with E-state index in [1.54, 1.807) is 12.1 Å². The summed E-state index contributed by atoms with van der Waals surface area (Å²) in [6.45, 7) is 10.2. The van der Waals surface area contributed by atoms with Gasteiger partial charge in [-0.25, -0.2) is 4.39 Å². The number of halogens is 1. The van der Waals surface area contributed by atoms with Crippen LogP contribution >= 0.6 is 0 Å². The van der Waals surface area contributed by atoms with Crippen LogP contribution in [0.15, 0.2) is 41.6 Å². The molecule has 3 aromatic rings. The number of carbonyl (C=O) groups excluding carboxylic acids is 1. The van der Waals surface area contributed by atoms with Crippen molar-refractivity contribution in [3.8, 4) is 5.69 Å². The van der Waals surface area contributed by atoms with Crippen LogP contribution in [0.5, 0.6) is 0 Å². The Kier molecular flexibility index (Phi) is 4.26. The number of nitrogens with zero attached hydrogens (tertiary/aromatic N) is 2. The summed E-state index contributed by atoms with van der Waals surface area (Å²) in [5.74, 6) is 0.463. The molecule has 0 amide bonds. The molecule has 1 atom stereocenters. The Morgan fingerprint density at radius 2 is 1.90 bits per heavy atom. The highest BCUT2D eigenvalue weighted by Crippen LogP contribution is 2.50. The Balaban J connectivity index is 1.75. The number of allylic oxidation sites excluding steroid dienone is 2. The van der Waals surface area contributed by atoms with Gasteiger partial charge in [0.15, 0.2) is 11.6 Å². The fourth-order valence-corrected chi connectivity index (χ4v) is 5.35. The summed E-state index contributed by atoms with van der Waals surface area (Å²) in [6.07, 6.45) is 1.31. The second-order valence-corrected chi connectivity index (χ2v) is 9.62. The normalized spacial score (nSPS) is 19.8. The Morgan fingerprint density at radius 1 is 1.16 bits per heavy atom. The van der Waals surface area contributed by atoms with E-state index >= 15 is 0 Å². The molecule has 5 nitrogen and oxygen atoms in total. The largest absolute Gasteiger partial charge is 0.342 e. The maximum atomic E-state index is 14.6. The number of aryl methyl sites for hydroxylation is 2. The third-order valence-electron chi connectivity index (χ3n) is 6.64. The number of fused-ring (bicyclic) bond motifs is 1. The smallest absolute Gasteiger partial charge is 0.162 e. The van der Waals surface area contributed by atoms with Crippen LogP contribution in [0.3, 0.4) is 0 Å². The number of hydrogen-bond acceptors (Lipinski definition) is 3. The summed E-state index contributed by atoms with van der Waals surface area (Å²) in [5, 5.41) is 11.0. The molecule has 0 saturated heterocycles. The number of anilines is 1. The van der Waals surface area contributed by atoms with Crippen molar-refractivity contribution in [1.29, 1.82) is 0 Å². The van der Waals surface area contributed by atoms with Crippen LogP contribution in [0, 0.1) is 32.0 Å². The van der Waals surface area contributed by atoms with Crippen molar-refractivity contribution in [3.63, 3.8) is 0 Å². The monoisotopic (exact) mass is 418 g/mol. The number of Topliss-reactive ketones (excluding diaryl/α,β-unsaturated/α-hetero) is 1. The van der Waals surface area contributed by atoms with Crippen molar-refractivity contribution >= 4 is 11.6 Å². The minimum Gasteiger partial charge on any atom is -0.342 e. The van der Waals surface area contributed by atoms with Crippen molar-refractivity contribution in [1.82, 2.24) is 14.8 Å². The van der Waals surface area contributed by atoms with Crippen molar-refractivity contribution in [2.24, 2.45) is 5.41 Å². The molecule has 0 spiro atoms. The van der Waals surface area contributed by atoms with E-state index in [0.717, 1.165) is 51.7 Å². The van der Waals surface area contributed by atoms with E-state index < -0.39 is 0 Å². The fraction of sp³-hybridized carbons (Fsp3) is 0.360. The van der Waals surface area contributed by atoms with Gasteiger partial charge in [0.1, 0.15) is 5.82 Å². The third kappa shape index (κ3) is 2.96. The summed E-state index contributed by atoms with van der Waals surface area (Å²) < 4.78 is 16.6. The number of nitrogens with one attached hydrogen (secondary N) is 2. The SMILES string of the molecule is Cc1[nH]nc2c1C(c1cc(C)n(-c3ccccc3F)c1C)C1=C(CC(C)(C)CC1=O)N2. The van der Waals surface area contributed by atoms with Gasteiger partial charge >= 0.3 is 0 Å². The Labute approximate surface area is 181 Å². The van der Waals surface area contributed by atoms with Crippen LogP contribution in [0.1, 0.15) is 60.8 Å². The highest BCUT2D eigenvalue weighted by atomic mass is 19.1. The van der Waals surface area contributed by atoms with Gasteiger partial charge < -0.3 is 9.88 Å². The second-order valence-electron chi connectivity index (χ2n) is 9.62. The summed E-state index contributed by atoms with van der Waals surface area (Å²) in [4.78, 5) is 13.4. The second kappa shape index (κ2) is 6.67. The van der Waals surface area contributed by atoms with Gasteiger partial charge in [-0.3, -0.25) is 9.89 Å². The maximum absolute atomic E-state index is 14.6. The summed E-state index contributed by atoms with van der Waals surface area (Å²) >= 11 is 0. The first-order valence-corrected chi connectivity index (χ1v) is 10.7. The quantitative estimate of drug-likeness (QED) is 0.580. The van der Waals surface area contributed by atoms with Crippen LogP contribution < -0.4 is 5.32 Å². The molecular formula is C25H27FN4O. The molecule has 31 heavy (non-hydrogen) atoms. The van der Waals surface area contributed by atoms with Gasteiger partial charge in [0.05, 0.1) is 5.69 Å². The number of hydrogen-bond donors (Lipinski definition) is 2. The van der Waals surface area contributed by atoms with Crippen LogP contribution in [0.2, 0.25) is 0 Å². The molecule has 0 radical (unpaired) electrons. The van der Waals surface area contributed by atoms with Crippen LogP contribution in [-0.2, 0) is 4.79 Å². The molecule has 1 aliphatic carbocycles.